The molecule has 0 spiro atoms. The summed E-state index contributed by atoms with van der Waals surface area (Å²) in [4.78, 5) is 29.4. The molecule has 0 unspecified atom stereocenters. The Kier molecular flexibility index (Phi) is 5.26. The second-order valence-corrected chi connectivity index (χ2v) is 10.6. The highest BCUT2D eigenvalue weighted by Crippen LogP contribution is 2.48. The number of aromatic nitrogens is 3. The Balaban J connectivity index is 1.11. The first-order valence-electron chi connectivity index (χ1n) is 12.8. The number of hydrogen-bond donors (Lipinski definition) is 1. The molecule has 1 aliphatic carbocycles. The van der Waals surface area contributed by atoms with Crippen molar-refractivity contribution in [2.75, 3.05) is 36.5 Å². The fourth-order valence-electron chi connectivity index (χ4n) is 6.27. The summed E-state index contributed by atoms with van der Waals surface area (Å²) in [6.45, 7) is 5.77. The van der Waals surface area contributed by atoms with Gasteiger partial charge in [-0.1, -0.05) is 6.58 Å². The van der Waals surface area contributed by atoms with Crippen molar-refractivity contribution in [1.29, 1.82) is 0 Å². The van der Waals surface area contributed by atoms with Crippen molar-refractivity contribution in [2.45, 2.75) is 36.9 Å². The quantitative estimate of drug-likeness (QED) is 0.473. The van der Waals surface area contributed by atoms with Crippen LogP contribution in [-0.2, 0) is 9.53 Å². The van der Waals surface area contributed by atoms with Crippen molar-refractivity contribution < 1.29 is 23.0 Å². The molecule has 11 heteroatoms. The van der Waals surface area contributed by atoms with Crippen LogP contribution in [0.15, 0.2) is 43.2 Å². The van der Waals surface area contributed by atoms with Crippen LogP contribution in [0.3, 0.4) is 0 Å². The van der Waals surface area contributed by atoms with Crippen LogP contribution in [0, 0.1) is 17.6 Å². The van der Waals surface area contributed by atoms with Crippen molar-refractivity contribution in [2.24, 2.45) is 5.92 Å². The number of pyridine rings is 1. The highest BCUT2D eigenvalue weighted by atomic mass is 19.2. The van der Waals surface area contributed by atoms with Crippen molar-refractivity contribution in [3.05, 3.63) is 54.9 Å². The van der Waals surface area contributed by atoms with E-state index < -0.39 is 11.6 Å². The molecule has 5 aliphatic rings. The van der Waals surface area contributed by atoms with Gasteiger partial charge in [0.15, 0.2) is 17.4 Å². The predicted octanol–water partition coefficient (Wildman–Crippen LogP) is 3.58. The minimum absolute atomic E-state index is 0.0579. The number of halogens is 2. The lowest BCUT2D eigenvalue weighted by Gasteiger charge is -2.35. The number of nitrogens with zero attached hydrogens (tertiary/aromatic N) is 5. The second-order valence-electron chi connectivity index (χ2n) is 10.6. The van der Waals surface area contributed by atoms with Crippen LogP contribution in [0.1, 0.15) is 19.3 Å². The summed E-state index contributed by atoms with van der Waals surface area (Å²) in [5, 5.41) is 2.89. The fraction of sp³-hybridized carbons (Fsp3) is 0.407. The Morgan fingerprint density at radius 1 is 1.18 bits per heavy atom. The summed E-state index contributed by atoms with van der Waals surface area (Å²) in [6.07, 6.45) is 5.36. The van der Waals surface area contributed by atoms with Gasteiger partial charge in [-0.05, 0) is 55.5 Å². The number of amides is 1. The molecular formula is C27H26F2N6O3. The van der Waals surface area contributed by atoms with E-state index in [4.69, 9.17) is 14.5 Å². The monoisotopic (exact) mass is 520 g/mol. The summed E-state index contributed by atoms with van der Waals surface area (Å²) in [7, 11) is 0. The molecule has 196 valence electrons. The van der Waals surface area contributed by atoms with Gasteiger partial charge in [-0.2, -0.15) is 4.39 Å². The second kappa shape index (κ2) is 8.59. The van der Waals surface area contributed by atoms with Crippen molar-refractivity contribution in [3.8, 4) is 5.75 Å². The Bertz CT molecular complexity index is 1460. The largest absolute Gasteiger partial charge is 0.487 e. The van der Waals surface area contributed by atoms with Crippen LogP contribution < -0.4 is 15.0 Å². The van der Waals surface area contributed by atoms with Crippen LogP contribution >= 0.6 is 0 Å². The lowest BCUT2D eigenvalue weighted by molar-refractivity contribution is -0.127. The number of likely N-dealkylation sites (tertiary alicyclic amines) is 1. The molecular weight excluding hydrogens is 494 g/mol. The lowest BCUT2D eigenvalue weighted by Crippen LogP contribution is -2.48. The Labute approximate surface area is 217 Å². The Morgan fingerprint density at radius 3 is 2.79 bits per heavy atom. The maximum absolute atomic E-state index is 15.1. The van der Waals surface area contributed by atoms with Crippen molar-refractivity contribution >= 4 is 34.3 Å². The number of hydrogen-bond acceptors (Lipinski definition) is 8. The Hall–Kier alpha value is -3.86. The molecule has 8 rings (SSSR count). The predicted molar refractivity (Wildman–Crippen MR) is 135 cm³/mol. The van der Waals surface area contributed by atoms with E-state index in [1.54, 1.807) is 0 Å². The molecule has 6 heterocycles. The van der Waals surface area contributed by atoms with Gasteiger partial charge in [0.05, 0.1) is 29.9 Å². The number of carbonyl (C=O) groups excluding carboxylic acids is 1. The van der Waals surface area contributed by atoms with Crippen LogP contribution in [0.4, 0.5) is 26.1 Å². The average Bonchev–Trinajstić information content (AvgIpc) is 3.71. The zero-order valence-corrected chi connectivity index (χ0v) is 20.6. The normalized spacial score (nSPS) is 27.1. The smallest absolute Gasteiger partial charge is 0.246 e. The van der Waals surface area contributed by atoms with Crippen molar-refractivity contribution in [3.63, 3.8) is 0 Å². The first-order chi connectivity index (χ1) is 18.4. The Morgan fingerprint density at radius 2 is 2.05 bits per heavy atom. The number of ether oxygens (including phenoxy) is 2. The molecule has 4 saturated heterocycles. The summed E-state index contributed by atoms with van der Waals surface area (Å²) in [6, 6.07) is 6.79. The molecule has 38 heavy (non-hydrogen) atoms. The van der Waals surface area contributed by atoms with Gasteiger partial charge in [-0.15, -0.1) is 0 Å². The van der Waals surface area contributed by atoms with Crippen molar-refractivity contribution in [1.82, 2.24) is 19.9 Å². The van der Waals surface area contributed by atoms with E-state index in [0.717, 1.165) is 25.1 Å². The SMILES string of the molecule is C=CC(=O)N1C[C@@H]2C[C@H]1CN2c1ccc2ncnc(Nc3ccc(OCC45CC(CO4)C5)c(F)c3F)c2n1. The zero-order valence-electron chi connectivity index (χ0n) is 20.6. The highest BCUT2D eigenvalue weighted by Gasteiger charge is 2.52. The number of anilines is 3. The molecule has 1 amide bonds. The van der Waals surface area contributed by atoms with Gasteiger partial charge < -0.3 is 24.6 Å². The minimum atomic E-state index is -1.07. The van der Waals surface area contributed by atoms with Gasteiger partial charge >= 0.3 is 0 Å². The highest BCUT2D eigenvalue weighted by molar-refractivity contribution is 5.89. The number of fused-ring (bicyclic) bond motifs is 4. The first-order valence-corrected chi connectivity index (χ1v) is 12.8. The third-order valence-corrected chi connectivity index (χ3v) is 8.20. The van der Waals surface area contributed by atoms with Crippen LogP contribution in [-0.4, -0.2) is 69.7 Å². The van der Waals surface area contributed by atoms with Gasteiger partial charge in [0.25, 0.3) is 0 Å². The lowest BCUT2D eigenvalue weighted by atomic mass is 9.75. The first kappa shape index (κ1) is 23.3. The number of benzene rings is 1. The van der Waals surface area contributed by atoms with E-state index in [2.05, 4.69) is 26.8 Å². The van der Waals surface area contributed by atoms with Gasteiger partial charge in [0.2, 0.25) is 11.7 Å². The van der Waals surface area contributed by atoms with Gasteiger partial charge in [0.1, 0.15) is 29.9 Å². The molecule has 9 nitrogen and oxygen atoms in total. The molecule has 4 bridgehead atoms. The van der Waals surface area contributed by atoms with E-state index >= 15 is 4.39 Å². The molecule has 4 aliphatic heterocycles. The van der Waals surface area contributed by atoms with E-state index in [0.29, 0.717) is 36.6 Å². The maximum Gasteiger partial charge on any atom is 0.246 e. The molecule has 0 radical (unpaired) electrons. The number of nitrogens with one attached hydrogen (secondary N) is 1. The molecule has 1 N–H and O–H groups in total. The van der Waals surface area contributed by atoms with Crippen LogP contribution in [0.2, 0.25) is 0 Å². The molecule has 1 saturated carbocycles. The van der Waals surface area contributed by atoms with Gasteiger partial charge in [-0.3, -0.25) is 4.79 Å². The van der Waals surface area contributed by atoms with E-state index in [9.17, 15) is 9.18 Å². The van der Waals surface area contributed by atoms with Crippen LogP contribution in [0.5, 0.6) is 5.75 Å². The average molecular weight is 521 g/mol. The topological polar surface area (TPSA) is 92.7 Å². The third kappa shape index (κ3) is 3.67. The molecule has 2 aromatic heterocycles. The summed E-state index contributed by atoms with van der Waals surface area (Å²) in [5.74, 6) is -0.809. The summed E-state index contributed by atoms with van der Waals surface area (Å²) < 4.78 is 41.3. The minimum Gasteiger partial charge on any atom is -0.487 e. The van der Waals surface area contributed by atoms with E-state index in [1.807, 2.05) is 17.0 Å². The maximum atomic E-state index is 15.1. The van der Waals surface area contributed by atoms with Gasteiger partial charge in [-0.25, -0.2) is 19.3 Å². The summed E-state index contributed by atoms with van der Waals surface area (Å²) in [5.41, 5.74) is 0.556. The molecule has 2 atom stereocenters. The summed E-state index contributed by atoms with van der Waals surface area (Å²) >= 11 is 0. The molecule has 3 aromatic rings. The molecule has 1 aromatic carbocycles. The van der Waals surface area contributed by atoms with E-state index in [-0.39, 0.29) is 47.5 Å². The van der Waals surface area contributed by atoms with E-state index in [1.165, 1.54) is 24.5 Å². The zero-order chi connectivity index (χ0) is 26.0. The van der Waals surface area contributed by atoms with Crippen LogP contribution in [0.25, 0.3) is 11.0 Å². The fourth-order valence-corrected chi connectivity index (χ4v) is 6.27. The standard InChI is InChI=1S/C27H26F2N6O3/c1-2-22(36)35-11-16-7-17(35)10-34(16)21-6-4-19-25(33-21)26(31-14-30-19)32-18-3-5-20(24(29)23(18)28)37-13-27-8-15(9-27)12-38-27/h2-6,14-17H,1,7-13H2,(H,30,31,32)/t15?,16-,17-,27?/m0/s1. The number of piperazine rings is 1. The third-order valence-electron chi connectivity index (χ3n) is 8.20. The molecule has 5 fully saturated rings. The number of rotatable bonds is 7. The van der Waals surface area contributed by atoms with Gasteiger partial charge in [0, 0.05) is 13.1 Å². The number of carbonyl (C=O) groups is 1.